The number of halogens is 1. The summed E-state index contributed by atoms with van der Waals surface area (Å²) in [4.78, 5) is 0. The average Bonchev–Trinajstić information content (AvgIpc) is 1.88. The fourth-order valence-electron chi connectivity index (χ4n) is 0.616. The van der Waals surface area contributed by atoms with Crippen LogP contribution in [0, 0.1) is 0 Å². The molecular formula is C8H18ClNS. The monoisotopic (exact) mass is 195 g/mol. The predicted octanol–water partition coefficient (Wildman–Crippen LogP) is 2.34. The van der Waals surface area contributed by atoms with Gasteiger partial charge in [-0.05, 0) is 27.0 Å². The molecule has 68 valence electrons. The number of hydrogen-bond donors (Lipinski definition) is 1. The van der Waals surface area contributed by atoms with Crippen LogP contribution in [-0.4, -0.2) is 29.5 Å². The lowest BCUT2D eigenvalue weighted by Gasteiger charge is -2.28. The van der Waals surface area contributed by atoms with E-state index in [4.69, 9.17) is 11.6 Å². The van der Waals surface area contributed by atoms with Crippen LogP contribution in [0.2, 0.25) is 0 Å². The summed E-state index contributed by atoms with van der Waals surface area (Å²) in [7, 11) is 0. The van der Waals surface area contributed by atoms with Crippen molar-refractivity contribution in [2.45, 2.75) is 31.7 Å². The maximum absolute atomic E-state index is 5.98. The first-order chi connectivity index (χ1) is 5.00. The van der Waals surface area contributed by atoms with E-state index in [1.54, 1.807) is 0 Å². The van der Waals surface area contributed by atoms with Crippen LogP contribution in [0.5, 0.6) is 0 Å². The third kappa shape index (κ3) is 4.94. The van der Waals surface area contributed by atoms with E-state index in [0.29, 0.717) is 0 Å². The van der Waals surface area contributed by atoms with Gasteiger partial charge in [-0.2, -0.15) is 11.8 Å². The van der Waals surface area contributed by atoms with Crippen molar-refractivity contribution in [1.29, 1.82) is 0 Å². The van der Waals surface area contributed by atoms with Crippen LogP contribution in [0.1, 0.15) is 20.8 Å². The molecule has 0 radical (unpaired) electrons. The Bertz CT molecular complexity index is 104. The van der Waals surface area contributed by atoms with E-state index in [2.05, 4.69) is 25.4 Å². The molecule has 1 unspecified atom stereocenters. The van der Waals surface area contributed by atoms with Gasteiger partial charge in [0, 0.05) is 23.2 Å². The lowest BCUT2D eigenvalue weighted by molar-refractivity contribution is 0.394. The summed E-state index contributed by atoms with van der Waals surface area (Å²) in [6, 6.07) is 0. The summed E-state index contributed by atoms with van der Waals surface area (Å²) in [5, 5.41) is 3.58. The molecule has 1 nitrogen and oxygen atoms in total. The Labute approximate surface area is 79.3 Å². The van der Waals surface area contributed by atoms with Gasteiger partial charge in [0.15, 0.2) is 0 Å². The van der Waals surface area contributed by atoms with Gasteiger partial charge in [-0.3, -0.25) is 0 Å². The van der Waals surface area contributed by atoms with Crippen molar-refractivity contribution >= 4 is 23.4 Å². The molecule has 0 amide bonds. The normalized spacial score (nSPS) is 15.0. The molecule has 0 heterocycles. The van der Waals surface area contributed by atoms with Gasteiger partial charge in [-0.25, -0.2) is 0 Å². The number of thioether (sulfide) groups is 1. The number of hydrogen-bond acceptors (Lipinski definition) is 2. The van der Waals surface area contributed by atoms with Gasteiger partial charge >= 0.3 is 0 Å². The molecule has 0 saturated heterocycles. The Morgan fingerprint density at radius 3 is 2.45 bits per heavy atom. The fourth-order valence-corrected chi connectivity index (χ4v) is 0.999. The molecule has 11 heavy (non-hydrogen) atoms. The lowest BCUT2D eigenvalue weighted by Crippen LogP contribution is -2.46. The minimum Gasteiger partial charge on any atom is -0.310 e. The molecule has 1 N–H and O–H groups in total. The van der Waals surface area contributed by atoms with Crippen LogP contribution in [0.25, 0.3) is 0 Å². The van der Waals surface area contributed by atoms with Gasteiger partial charge in [0.05, 0.1) is 0 Å². The third-order valence-corrected chi connectivity index (χ3v) is 3.04. The summed E-state index contributed by atoms with van der Waals surface area (Å²) < 4.78 is 0. The second kappa shape index (κ2) is 5.28. The zero-order chi connectivity index (χ0) is 8.91. The van der Waals surface area contributed by atoms with Crippen LogP contribution in [0.15, 0.2) is 0 Å². The quantitative estimate of drug-likeness (QED) is 0.534. The molecule has 0 aromatic rings. The van der Waals surface area contributed by atoms with Gasteiger partial charge in [-0.15, -0.1) is 11.6 Å². The topological polar surface area (TPSA) is 12.0 Å². The molecule has 3 heteroatoms. The van der Waals surface area contributed by atoms with E-state index in [-0.39, 0.29) is 10.9 Å². The SMILES string of the molecule is CSCCNC(C)(C)C(C)Cl. The fraction of sp³-hybridized carbons (Fsp3) is 1.00. The van der Waals surface area contributed by atoms with Crippen LogP contribution in [0.4, 0.5) is 0 Å². The van der Waals surface area contributed by atoms with Gasteiger partial charge in [-0.1, -0.05) is 0 Å². The maximum Gasteiger partial charge on any atom is 0.0484 e. The zero-order valence-corrected chi connectivity index (χ0v) is 9.35. The van der Waals surface area contributed by atoms with E-state index in [1.165, 1.54) is 0 Å². The van der Waals surface area contributed by atoms with Crippen molar-refractivity contribution in [2.75, 3.05) is 18.6 Å². The van der Waals surface area contributed by atoms with Crippen LogP contribution in [0.3, 0.4) is 0 Å². The number of rotatable bonds is 5. The summed E-state index contributed by atoms with van der Waals surface area (Å²) in [6.07, 6.45) is 2.11. The van der Waals surface area contributed by atoms with E-state index in [9.17, 15) is 0 Å². The van der Waals surface area contributed by atoms with Crippen LogP contribution in [-0.2, 0) is 0 Å². The average molecular weight is 196 g/mol. The molecule has 0 rings (SSSR count). The number of alkyl halides is 1. The first-order valence-electron chi connectivity index (χ1n) is 3.88. The van der Waals surface area contributed by atoms with Gasteiger partial charge < -0.3 is 5.32 Å². The van der Waals surface area contributed by atoms with Gasteiger partial charge in [0.25, 0.3) is 0 Å². The van der Waals surface area contributed by atoms with E-state index in [0.717, 1.165) is 12.3 Å². The Morgan fingerprint density at radius 2 is 2.09 bits per heavy atom. The molecule has 0 bridgehead atoms. The molecule has 0 spiro atoms. The summed E-state index contributed by atoms with van der Waals surface area (Å²) in [5.74, 6) is 1.15. The van der Waals surface area contributed by atoms with E-state index >= 15 is 0 Å². The van der Waals surface area contributed by atoms with Crippen molar-refractivity contribution in [3.05, 3.63) is 0 Å². The Morgan fingerprint density at radius 1 is 1.55 bits per heavy atom. The van der Waals surface area contributed by atoms with Crippen molar-refractivity contribution in [3.8, 4) is 0 Å². The van der Waals surface area contributed by atoms with E-state index in [1.807, 2.05) is 18.7 Å². The Balaban J connectivity index is 3.55. The largest absolute Gasteiger partial charge is 0.310 e. The van der Waals surface area contributed by atoms with Crippen molar-refractivity contribution < 1.29 is 0 Å². The van der Waals surface area contributed by atoms with Gasteiger partial charge in [0.2, 0.25) is 0 Å². The Hall–Kier alpha value is 0.600. The molecule has 0 aliphatic carbocycles. The highest BCUT2D eigenvalue weighted by atomic mass is 35.5. The van der Waals surface area contributed by atoms with Crippen molar-refractivity contribution in [1.82, 2.24) is 5.32 Å². The smallest absolute Gasteiger partial charge is 0.0484 e. The molecule has 0 aromatic heterocycles. The standard InChI is InChI=1S/C8H18ClNS/c1-7(9)8(2,3)10-5-6-11-4/h7,10H,5-6H2,1-4H3. The summed E-state index contributed by atoms with van der Waals surface area (Å²) in [6.45, 7) is 7.31. The van der Waals surface area contributed by atoms with Crippen molar-refractivity contribution in [2.24, 2.45) is 0 Å². The van der Waals surface area contributed by atoms with Gasteiger partial charge in [0.1, 0.15) is 0 Å². The first kappa shape index (κ1) is 11.6. The Kier molecular flexibility index (Phi) is 5.57. The maximum atomic E-state index is 5.98. The molecule has 0 saturated carbocycles. The highest BCUT2D eigenvalue weighted by molar-refractivity contribution is 7.98. The molecular weight excluding hydrogens is 178 g/mol. The number of nitrogens with one attached hydrogen (secondary N) is 1. The second-order valence-electron chi connectivity index (χ2n) is 3.26. The highest BCUT2D eigenvalue weighted by Crippen LogP contribution is 2.14. The molecule has 0 aliphatic heterocycles. The second-order valence-corrected chi connectivity index (χ2v) is 4.90. The molecule has 0 fully saturated rings. The van der Waals surface area contributed by atoms with Crippen LogP contribution >= 0.6 is 23.4 Å². The first-order valence-corrected chi connectivity index (χ1v) is 5.72. The lowest BCUT2D eigenvalue weighted by atomic mass is 10.0. The highest BCUT2D eigenvalue weighted by Gasteiger charge is 2.22. The molecule has 1 atom stereocenters. The minimum atomic E-state index is 0.0529. The molecule has 0 aliphatic rings. The van der Waals surface area contributed by atoms with Crippen LogP contribution < -0.4 is 5.32 Å². The molecule has 0 aromatic carbocycles. The zero-order valence-electron chi connectivity index (χ0n) is 7.78. The van der Waals surface area contributed by atoms with Crippen molar-refractivity contribution in [3.63, 3.8) is 0 Å². The third-order valence-electron chi connectivity index (χ3n) is 1.88. The summed E-state index contributed by atoms with van der Waals surface area (Å²) >= 11 is 7.83. The minimum absolute atomic E-state index is 0.0529. The summed E-state index contributed by atoms with van der Waals surface area (Å²) in [5.41, 5.74) is 0.0529. The predicted molar refractivity (Wildman–Crippen MR) is 55.8 cm³/mol. The van der Waals surface area contributed by atoms with E-state index < -0.39 is 0 Å².